The van der Waals surface area contributed by atoms with Crippen molar-refractivity contribution in [3.8, 4) is 5.88 Å². The Bertz CT molecular complexity index is 814. The van der Waals surface area contributed by atoms with Crippen LogP contribution in [0.4, 0.5) is 0 Å². The van der Waals surface area contributed by atoms with Crippen LogP contribution < -0.4 is 5.56 Å². The highest BCUT2D eigenvalue weighted by Crippen LogP contribution is 2.22. The van der Waals surface area contributed by atoms with E-state index in [1.807, 2.05) is 24.3 Å². The molecular formula is C13H11N3O2. The molecule has 0 radical (unpaired) electrons. The lowest BCUT2D eigenvalue weighted by atomic mass is 10.2. The van der Waals surface area contributed by atoms with Gasteiger partial charge in [-0.05, 0) is 12.1 Å². The molecule has 2 N–H and O–H groups in total. The lowest BCUT2D eigenvalue weighted by Gasteiger charge is -2.04. The summed E-state index contributed by atoms with van der Waals surface area (Å²) in [6.45, 7) is 3.58. The fourth-order valence-electron chi connectivity index (χ4n) is 2.07. The molecule has 0 unspecified atom stereocenters. The number of aromatic amines is 1. The molecule has 2 aromatic heterocycles. The number of nitrogens with one attached hydrogen (secondary N) is 1. The van der Waals surface area contributed by atoms with Gasteiger partial charge in [0.2, 0.25) is 11.7 Å². The lowest BCUT2D eigenvalue weighted by molar-refractivity contribution is 0.440. The van der Waals surface area contributed by atoms with Gasteiger partial charge in [0.15, 0.2) is 0 Å². The molecule has 0 aliphatic carbocycles. The monoisotopic (exact) mass is 241 g/mol. The Balaban J connectivity index is 2.52. The van der Waals surface area contributed by atoms with Crippen LogP contribution in [0.15, 0.2) is 41.7 Å². The standard InChI is InChI=1S/C13H11N3O2/c1-2-5-8-11(17)15-13-14-9-6-3-4-7-10(9)16(13)12(8)18/h2-4,6-7,18H,1,5H2,(H,14,15,17). The third kappa shape index (κ3) is 1.34. The maximum absolute atomic E-state index is 11.8. The highest BCUT2D eigenvalue weighted by Gasteiger charge is 2.14. The van der Waals surface area contributed by atoms with Gasteiger partial charge >= 0.3 is 0 Å². The predicted octanol–water partition coefficient (Wildman–Crippen LogP) is 1.61. The van der Waals surface area contributed by atoms with Crippen molar-refractivity contribution in [3.05, 3.63) is 52.8 Å². The molecule has 3 aromatic rings. The van der Waals surface area contributed by atoms with Crippen molar-refractivity contribution in [3.63, 3.8) is 0 Å². The maximum atomic E-state index is 11.8. The molecule has 0 atom stereocenters. The molecule has 2 heterocycles. The topological polar surface area (TPSA) is 70.4 Å². The molecule has 0 spiro atoms. The predicted molar refractivity (Wildman–Crippen MR) is 68.9 cm³/mol. The Morgan fingerprint density at radius 2 is 2.22 bits per heavy atom. The molecular weight excluding hydrogens is 230 g/mol. The van der Waals surface area contributed by atoms with Gasteiger partial charge in [0, 0.05) is 6.42 Å². The Morgan fingerprint density at radius 1 is 1.44 bits per heavy atom. The van der Waals surface area contributed by atoms with Crippen molar-refractivity contribution in [1.29, 1.82) is 0 Å². The van der Waals surface area contributed by atoms with E-state index in [1.165, 1.54) is 4.40 Å². The van der Waals surface area contributed by atoms with Crippen LogP contribution in [0.2, 0.25) is 0 Å². The molecule has 0 bridgehead atoms. The fraction of sp³-hybridized carbons (Fsp3) is 0.0769. The van der Waals surface area contributed by atoms with Crippen LogP contribution in [0.1, 0.15) is 5.56 Å². The molecule has 18 heavy (non-hydrogen) atoms. The average molecular weight is 241 g/mol. The first kappa shape index (κ1) is 10.6. The summed E-state index contributed by atoms with van der Waals surface area (Å²) in [7, 11) is 0. The van der Waals surface area contributed by atoms with Crippen molar-refractivity contribution >= 4 is 16.8 Å². The smallest absolute Gasteiger partial charge is 0.259 e. The minimum atomic E-state index is -0.338. The molecule has 0 aliphatic heterocycles. The number of aromatic hydroxyl groups is 1. The first-order valence-electron chi connectivity index (χ1n) is 5.54. The first-order chi connectivity index (χ1) is 8.72. The van der Waals surface area contributed by atoms with E-state index in [9.17, 15) is 9.90 Å². The largest absolute Gasteiger partial charge is 0.494 e. The van der Waals surface area contributed by atoms with Gasteiger partial charge in [-0.1, -0.05) is 18.2 Å². The number of nitrogens with zero attached hydrogens (tertiary/aromatic N) is 2. The summed E-state index contributed by atoms with van der Waals surface area (Å²) >= 11 is 0. The molecule has 0 saturated carbocycles. The second-order valence-corrected chi connectivity index (χ2v) is 4.01. The summed E-state index contributed by atoms with van der Waals surface area (Å²) in [6.07, 6.45) is 1.89. The highest BCUT2D eigenvalue weighted by molar-refractivity contribution is 5.80. The number of imidazole rings is 1. The number of allylic oxidation sites excluding steroid dienone is 1. The third-order valence-electron chi connectivity index (χ3n) is 2.89. The van der Waals surface area contributed by atoms with Crippen molar-refractivity contribution in [2.45, 2.75) is 6.42 Å². The summed E-state index contributed by atoms with van der Waals surface area (Å²) in [5.74, 6) is 0.258. The van der Waals surface area contributed by atoms with Gasteiger partial charge in [-0.2, -0.15) is 0 Å². The number of benzene rings is 1. The summed E-state index contributed by atoms with van der Waals surface area (Å²) in [5.41, 5.74) is 1.43. The number of H-pyrrole nitrogens is 1. The van der Waals surface area contributed by atoms with Crippen molar-refractivity contribution in [2.24, 2.45) is 0 Å². The zero-order chi connectivity index (χ0) is 12.7. The number of rotatable bonds is 2. The number of hydrogen-bond donors (Lipinski definition) is 2. The second kappa shape index (κ2) is 3.73. The van der Waals surface area contributed by atoms with E-state index in [2.05, 4.69) is 16.5 Å². The molecule has 5 heteroatoms. The third-order valence-corrected chi connectivity index (χ3v) is 2.89. The van der Waals surface area contributed by atoms with E-state index in [1.54, 1.807) is 6.08 Å². The van der Waals surface area contributed by atoms with Gasteiger partial charge in [0.05, 0.1) is 16.6 Å². The Hall–Kier alpha value is -2.56. The van der Waals surface area contributed by atoms with Crippen LogP contribution in [0.25, 0.3) is 16.8 Å². The van der Waals surface area contributed by atoms with Gasteiger partial charge in [-0.3, -0.25) is 9.78 Å². The van der Waals surface area contributed by atoms with E-state index >= 15 is 0 Å². The number of fused-ring (bicyclic) bond motifs is 3. The Morgan fingerprint density at radius 3 is 3.00 bits per heavy atom. The van der Waals surface area contributed by atoms with E-state index < -0.39 is 0 Å². The Kier molecular flexibility index (Phi) is 2.19. The highest BCUT2D eigenvalue weighted by atomic mass is 16.3. The summed E-state index contributed by atoms with van der Waals surface area (Å²) in [5, 5.41) is 10.2. The van der Waals surface area contributed by atoms with E-state index in [-0.39, 0.29) is 11.4 Å². The number of aromatic nitrogens is 3. The van der Waals surface area contributed by atoms with Crippen molar-refractivity contribution in [2.75, 3.05) is 0 Å². The molecule has 0 fully saturated rings. The van der Waals surface area contributed by atoms with Crippen LogP contribution in [-0.2, 0) is 6.42 Å². The van der Waals surface area contributed by atoms with Crippen LogP contribution in [0.3, 0.4) is 0 Å². The maximum Gasteiger partial charge on any atom is 0.259 e. The molecule has 0 amide bonds. The minimum absolute atomic E-state index is 0.0812. The summed E-state index contributed by atoms with van der Waals surface area (Å²) in [6, 6.07) is 7.38. The quantitative estimate of drug-likeness (QED) is 0.669. The molecule has 90 valence electrons. The van der Waals surface area contributed by atoms with Gasteiger partial charge < -0.3 is 5.11 Å². The minimum Gasteiger partial charge on any atom is -0.494 e. The lowest BCUT2D eigenvalue weighted by Crippen LogP contribution is -2.15. The fourth-order valence-corrected chi connectivity index (χ4v) is 2.07. The zero-order valence-corrected chi connectivity index (χ0v) is 9.55. The van der Waals surface area contributed by atoms with E-state index in [0.29, 0.717) is 17.8 Å². The van der Waals surface area contributed by atoms with Gasteiger partial charge in [-0.15, -0.1) is 6.58 Å². The van der Waals surface area contributed by atoms with Gasteiger partial charge in [-0.25, -0.2) is 9.38 Å². The van der Waals surface area contributed by atoms with Crippen molar-refractivity contribution in [1.82, 2.24) is 14.4 Å². The van der Waals surface area contributed by atoms with Crippen LogP contribution in [0.5, 0.6) is 5.88 Å². The summed E-state index contributed by atoms with van der Waals surface area (Å²) < 4.78 is 1.54. The zero-order valence-electron chi connectivity index (χ0n) is 9.55. The van der Waals surface area contributed by atoms with Crippen LogP contribution in [-0.4, -0.2) is 19.5 Å². The number of para-hydroxylation sites is 2. The molecule has 3 rings (SSSR count). The van der Waals surface area contributed by atoms with Gasteiger partial charge in [0.25, 0.3) is 5.56 Å². The summed E-state index contributed by atoms with van der Waals surface area (Å²) in [4.78, 5) is 18.7. The van der Waals surface area contributed by atoms with Crippen molar-refractivity contribution < 1.29 is 5.11 Å². The second-order valence-electron chi connectivity index (χ2n) is 4.01. The first-order valence-corrected chi connectivity index (χ1v) is 5.54. The molecule has 0 saturated heterocycles. The normalized spacial score (nSPS) is 11.1. The van der Waals surface area contributed by atoms with Crippen LogP contribution >= 0.6 is 0 Å². The van der Waals surface area contributed by atoms with E-state index in [4.69, 9.17) is 0 Å². The van der Waals surface area contributed by atoms with Crippen LogP contribution in [0, 0.1) is 0 Å². The Labute approximate surface area is 102 Å². The SMILES string of the molecule is C=CCc1c(O)n2c(nc3ccccc32)[nH]c1=O. The molecule has 0 aliphatic rings. The number of hydrogen-bond acceptors (Lipinski definition) is 3. The molecule has 1 aromatic carbocycles. The average Bonchev–Trinajstić information content (AvgIpc) is 2.72. The van der Waals surface area contributed by atoms with Gasteiger partial charge in [0.1, 0.15) is 0 Å². The van der Waals surface area contributed by atoms with E-state index in [0.717, 1.165) is 11.0 Å². The molecule has 5 nitrogen and oxygen atoms in total.